The molecule has 0 aliphatic carbocycles. The summed E-state index contributed by atoms with van der Waals surface area (Å²) >= 11 is 0. The van der Waals surface area contributed by atoms with Crippen molar-refractivity contribution in [3.05, 3.63) is 52.8 Å². The van der Waals surface area contributed by atoms with Crippen LogP contribution in [0.25, 0.3) is 11.1 Å². The maximum Gasteiger partial charge on any atom is 0.200 e. The van der Waals surface area contributed by atoms with Gasteiger partial charge in [0.05, 0.1) is 12.7 Å². The van der Waals surface area contributed by atoms with Crippen LogP contribution in [0.1, 0.15) is 5.56 Å². The highest BCUT2D eigenvalue weighted by molar-refractivity contribution is 5.67. The molecule has 0 saturated heterocycles. The molecule has 6 heteroatoms. The van der Waals surface area contributed by atoms with Crippen LogP contribution in [0.2, 0.25) is 0 Å². The second-order valence-electron chi connectivity index (χ2n) is 4.13. The van der Waals surface area contributed by atoms with Crippen LogP contribution in [0.15, 0.2) is 18.2 Å². The normalized spacial score (nSPS) is 10.8. The van der Waals surface area contributed by atoms with E-state index in [4.69, 9.17) is 4.74 Å². The Morgan fingerprint density at radius 2 is 1.30 bits per heavy atom. The molecule has 0 bridgehead atoms. The molecule has 0 spiro atoms. The second kappa shape index (κ2) is 5.11. The number of ether oxygens (including phenoxy) is 1. The minimum Gasteiger partial charge on any atom is -0.496 e. The summed E-state index contributed by atoms with van der Waals surface area (Å²) in [4.78, 5) is 0. The highest BCUT2D eigenvalue weighted by atomic mass is 19.2. The molecule has 0 N–H and O–H groups in total. The van der Waals surface area contributed by atoms with E-state index >= 15 is 0 Å². The first-order valence-electron chi connectivity index (χ1n) is 5.55. The van der Waals surface area contributed by atoms with Gasteiger partial charge in [0.1, 0.15) is 5.75 Å². The van der Waals surface area contributed by atoms with E-state index in [0.717, 1.165) is 0 Å². The van der Waals surface area contributed by atoms with Gasteiger partial charge >= 0.3 is 0 Å². The molecule has 2 rings (SSSR count). The summed E-state index contributed by atoms with van der Waals surface area (Å²) in [7, 11) is 1.40. The number of rotatable bonds is 2. The van der Waals surface area contributed by atoms with E-state index < -0.39 is 34.6 Å². The first-order valence-corrected chi connectivity index (χ1v) is 5.55. The maximum absolute atomic E-state index is 13.7. The Bertz CT molecular complexity index is 653. The lowest BCUT2D eigenvalue weighted by molar-refractivity contribution is 0.381. The van der Waals surface area contributed by atoms with Crippen LogP contribution >= 0.6 is 0 Å². The van der Waals surface area contributed by atoms with E-state index in [1.165, 1.54) is 25.3 Å². The lowest BCUT2D eigenvalue weighted by Crippen LogP contribution is -2.04. The first-order chi connectivity index (χ1) is 9.38. The first kappa shape index (κ1) is 14.3. The summed E-state index contributed by atoms with van der Waals surface area (Å²) in [6, 6.07) is 3.91. The van der Waals surface area contributed by atoms with Crippen molar-refractivity contribution in [1.29, 1.82) is 0 Å². The number of benzene rings is 2. The molecule has 0 aliphatic heterocycles. The van der Waals surface area contributed by atoms with Gasteiger partial charge in [-0.1, -0.05) is 6.07 Å². The molecule has 0 atom stereocenters. The molecular weight excluding hydrogens is 279 g/mol. The van der Waals surface area contributed by atoms with Crippen molar-refractivity contribution >= 4 is 0 Å². The number of hydrogen-bond donors (Lipinski definition) is 0. The summed E-state index contributed by atoms with van der Waals surface area (Å²) in [5.41, 5.74) is -0.558. The van der Waals surface area contributed by atoms with E-state index in [9.17, 15) is 22.0 Å². The van der Waals surface area contributed by atoms with Crippen molar-refractivity contribution in [2.75, 3.05) is 7.11 Å². The number of aryl methyl sites for hydroxylation is 1. The zero-order chi connectivity index (χ0) is 15.0. The lowest BCUT2D eigenvalue weighted by atomic mass is 10.0. The van der Waals surface area contributed by atoms with Gasteiger partial charge in [-0.3, -0.25) is 0 Å². The third-order valence-electron chi connectivity index (χ3n) is 2.89. The van der Waals surface area contributed by atoms with Crippen LogP contribution in [-0.4, -0.2) is 7.11 Å². The molecule has 106 valence electrons. The average molecular weight is 288 g/mol. The Hall–Kier alpha value is -2.11. The van der Waals surface area contributed by atoms with Crippen LogP contribution in [0, 0.1) is 36.0 Å². The Balaban J connectivity index is 2.73. The predicted octanol–water partition coefficient (Wildman–Crippen LogP) is 4.37. The number of halogens is 5. The molecule has 0 amide bonds. The van der Waals surface area contributed by atoms with E-state index in [1.54, 1.807) is 6.92 Å². The largest absolute Gasteiger partial charge is 0.496 e. The van der Waals surface area contributed by atoms with E-state index in [-0.39, 0.29) is 5.56 Å². The van der Waals surface area contributed by atoms with Crippen LogP contribution in [0.3, 0.4) is 0 Å². The van der Waals surface area contributed by atoms with Gasteiger partial charge in [0.25, 0.3) is 0 Å². The van der Waals surface area contributed by atoms with E-state index in [1.807, 2.05) is 0 Å². The summed E-state index contributed by atoms with van der Waals surface area (Å²) < 4.78 is 71.5. The standard InChI is InChI=1S/C14H9F5O/c1-6-5-7(3-4-8(6)20-2)9-10(15)12(17)14(19)13(18)11(9)16/h3-5H,1-2H3. The minimum absolute atomic E-state index is 0.115. The Morgan fingerprint density at radius 3 is 1.75 bits per heavy atom. The van der Waals surface area contributed by atoms with Crippen LogP contribution in [0.4, 0.5) is 22.0 Å². The number of hydrogen-bond acceptors (Lipinski definition) is 1. The van der Waals surface area contributed by atoms with Crippen molar-refractivity contribution < 1.29 is 26.7 Å². The van der Waals surface area contributed by atoms with Gasteiger partial charge < -0.3 is 4.74 Å². The van der Waals surface area contributed by atoms with Crippen molar-refractivity contribution in [3.8, 4) is 16.9 Å². The molecule has 1 nitrogen and oxygen atoms in total. The van der Waals surface area contributed by atoms with Gasteiger partial charge in [-0.05, 0) is 30.2 Å². The van der Waals surface area contributed by atoms with Crippen molar-refractivity contribution in [2.24, 2.45) is 0 Å². The van der Waals surface area contributed by atoms with Gasteiger partial charge in [-0.2, -0.15) is 0 Å². The lowest BCUT2D eigenvalue weighted by Gasteiger charge is -2.11. The van der Waals surface area contributed by atoms with Gasteiger partial charge in [-0.15, -0.1) is 0 Å². The zero-order valence-corrected chi connectivity index (χ0v) is 10.5. The molecule has 0 fully saturated rings. The third kappa shape index (κ3) is 2.11. The molecule has 0 heterocycles. The van der Waals surface area contributed by atoms with Gasteiger partial charge in [-0.25, -0.2) is 22.0 Å². The fourth-order valence-electron chi connectivity index (χ4n) is 1.89. The fraction of sp³-hybridized carbons (Fsp3) is 0.143. The fourth-order valence-corrected chi connectivity index (χ4v) is 1.89. The Kier molecular flexibility index (Phi) is 3.65. The molecular formula is C14H9F5O. The molecule has 2 aromatic carbocycles. The van der Waals surface area contributed by atoms with Crippen LogP contribution in [0.5, 0.6) is 5.75 Å². The SMILES string of the molecule is COc1ccc(-c2c(F)c(F)c(F)c(F)c2F)cc1C. The van der Waals surface area contributed by atoms with Crippen LogP contribution < -0.4 is 4.74 Å². The average Bonchev–Trinajstić information content (AvgIpc) is 2.43. The van der Waals surface area contributed by atoms with Crippen LogP contribution in [-0.2, 0) is 0 Å². The summed E-state index contributed by atoms with van der Waals surface area (Å²) in [6.45, 7) is 1.59. The smallest absolute Gasteiger partial charge is 0.200 e. The zero-order valence-electron chi connectivity index (χ0n) is 10.5. The third-order valence-corrected chi connectivity index (χ3v) is 2.89. The van der Waals surface area contributed by atoms with E-state index in [2.05, 4.69) is 0 Å². The number of methoxy groups -OCH3 is 1. The van der Waals surface area contributed by atoms with E-state index in [0.29, 0.717) is 11.3 Å². The van der Waals surface area contributed by atoms with Gasteiger partial charge in [0.15, 0.2) is 23.3 Å². The highest BCUT2D eigenvalue weighted by Gasteiger charge is 2.26. The van der Waals surface area contributed by atoms with Crippen molar-refractivity contribution in [2.45, 2.75) is 6.92 Å². The van der Waals surface area contributed by atoms with Crippen molar-refractivity contribution in [3.63, 3.8) is 0 Å². The molecule has 20 heavy (non-hydrogen) atoms. The quantitative estimate of drug-likeness (QED) is 0.453. The Morgan fingerprint density at radius 1 is 0.800 bits per heavy atom. The monoisotopic (exact) mass is 288 g/mol. The molecule has 0 unspecified atom stereocenters. The predicted molar refractivity (Wildman–Crippen MR) is 63.0 cm³/mol. The minimum atomic E-state index is -2.17. The Labute approximate surface area is 111 Å². The summed E-state index contributed by atoms with van der Waals surface area (Å²) in [5.74, 6) is -9.37. The molecule has 0 aromatic heterocycles. The summed E-state index contributed by atoms with van der Waals surface area (Å²) in [5, 5.41) is 0. The van der Waals surface area contributed by atoms with Gasteiger partial charge in [0, 0.05) is 0 Å². The highest BCUT2D eigenvalue weighted by Crippen LogP contribution is 2.33. The maximum atomic E-state index is 13.7. The summed E-state index contributed by atoms with van der Waals surface area (Å²) in [6.07, 6.45) is 0. The topological polar surface area (TPSA) is 9.23 Å². The molecule has 0 aliphatic rings. The molecule has 0 radical (unpaired) electrons. The molecule has 2 aromatic rings. The van der Waals surface area contributed by atoms with Crippen molar-refractivity contribution in [1.82, 2.24) is 0 Å². The second-order valence-corrected chi connectivity index (χ2v) is 4.13. The van der Waals surface area contributed by atoms with Gasteiger partial charge in [0.2, 0.25) is 5.82 Å². The molecule has 0 saturated carbocycles.